The highest BCUT2D eigenvalue weighted by atomic mass is 15.1. The summed E-state index contributed by atoms with van der Waals surface area (Å²) in [6.07, 6.45) is 4.37. The SMILES string of the molecule is CN(C)c1ccc2c(C#N)nc(C3CCCNC3)n2c1. The van der Waals surface area contributed by atoms with Gasteiger partial charge >= 0.3 is 0 Å². The molecule has 2 aromatic heterocycles. The number of aromatic nitrogens is 2. The first kappa shape index (κ1) is 12.9. The van der Waals surface area contributed by atoms with Gasteiger partial charge in [-0.1, -0.05) is 0 Å². The van der Waals surface area contributed by atoms with Gasteiger partial charge in [0.15, 0.2) is 5.69 Å². The van der Waals surface area contributed by atoms with E-state index in [1.165, 1.54) is 0 Å². The molecule has 2 aromatic rings. The van der Waals surface area contributed by atoms with Crippen LogP contribution in [0.4, 0.5) is 5.69 Å². The number of hydrogen-bond acceptors (Lipinski definition) is 4. The minimum absolute atomic E-state index is 0.385. The number of piperidine rings is 1. The summed E-state index contributed by atoms with van der Waals surface area (Å²) in [7, 11) is 4.04. The van der Waals surface area contributed by atoms with Crippen LogP contribution in [0.15, 0.2) is 18.3 Å². The van der Waals surface area contributed by atoms with Crippen molar-refractivity contribution >= 4 is 11.2 Å². The third-order valence-corrected chi connectivity index (χ3v) is 3.93. The van der Waals surface area contributed by atoms with Crippen molar-refractivity contribution in [2.75, 3.05) is 32.1 Å². The van der Waals surface area contributed by atoms with Crippen molar-refractivity contribution in [1.82, 2.24) is 14.7 Å². The summed E-state index contributed by atoms with van der Waals surface area (Å²) >= 11 is 0. The molecule has 0 saturated carbocycles. The molecular formula is C15H19N5. The van der Waals surface area contributed by atoms with Gasteiger partial charge < -0.3 is 10.2 Å². The van der Waals surface area contributed by atoms with Gasteiger partial charge in [0.25, 0.3) is 0 Å². The van der Waals surface area contributed by atoms with Crippen LogP contribution in [0.3, 0.4) is 0 Å². The van der Waals surface area contributed by atoms with Crippen molar-refractivity contribution < 1.29 is 0 Å². The first-order valence-corrected chi connectivity index (χ1v) is 7.01. The number of nitriles is 1. The molecule has 1 atom stereocenters. The quantitative estimate of drug-likeness (QED) is 0.902. The Hall–Kier alpha value is -2.06. The van der Waals surface area contributed by atoms with Crippen LogP contribution in [0.25, 0.3) is 5.52 Å². The van der Waals surface area contributed by atoms with Crippen molar-refractivity contribution in [3.63, 3.8) is 0 Å². The number of hydrogen-bond donors (Lipinski definition) is 1. The van der Waals surface area contributed by atoms with Gasteiger partial charge in [-0.15, -0.1) is 0 Å². The highest BCUT2D eigenvalue weighted by molar-refractivity contribution is 5.63. The Bertz CT molecular complexity index is 659. The van der Waals surface area contributed by atoms with Crippen LogP contribution < -0.4 is 10.2 Å². The van der Waals surface area contributed by atoms with E-state index in [2.05, 4.69) is 31.9 Å². The maximum absolute atomic E-state index is 9.27. The first-order chi connectivity index (χ1) is 9.70. The van der Waals surface area contributed by atoms with E-state index in [-0.39, 0.29) is 0 Å². The topological polar surface area (TPSA) is 56.4 Å². The standard InChI is InChI=1S/C15H19N5/c1-19(2)12-5-6-14-13(8-16)18-15(20(14)10-12)11-4-3-7-17-9-11/h5-6,10-11,17H,3-4,7,9H2,1-2H3. The van der Waals surface area contributed by atoms with Gasteiger partial charge in [0.05, 0.1) is 11.2 Å². The number of nitrogens with zero attached hydrogens (tertiary/aromatic N) is 4. The largest absolute Gasteiger partial charge is 0.376 e. The van der Waals surface area contributed by atoms with E-state index in [9.17, 15) is 5.26 Å². The van der Waals surface area contributed by atoms with Gasteiger partial charge in [0.2, 0.25) is 0 Å². The second kappa shape index (κ2) is 5.14. The second-order valence-electron chi connectivity index (χ2n) is 5.51. The van der Waals surface area contributed by atoms with Gasteiger partial charge in [0.1, 0.15) is 11.9 Å². The third kappa shape index (κ3) is 2.12. The maximum Gasteiger partial charge on any atom is 0.166 e. The van der Waals surface area contributed by atoms with Crippen LogP contribution in [-0.4, -0.2) is 36.6 Å². The lowest BCUT2D eigenvalue weighted by atomic mass is 9.99. The minimum atomic E-state index is 0.385. The Balaban J connectivity index is 2.14. The van der Waals surface area contributed by atoms with Gasteiger partial charge in [0, 0.05) is 32.8 Å². The summed E-state index contributed by atoms with van der Waals surface area (Å²) in [5.74, 6) is 1.39. The average Bonchev–Trinajstić information content (AvgIpc) is 2.86. The first-order valence-electron chi connectivity index (χ1n) is 7.01. The highest BCUT2D eigenvalue weighted by Crippen LogP contribution is 2.26. The predicted octanol–water partition coefficient (Wildman–Crippen LogP) is 1.74. The second-order valence-corrected chi connectivity index (χ2v) is 5.51. The fourth-order valence-electron chi connectivity index (χ4n) is 2.80. The Morgan fingerprint density at radius 1 is 1.45 bits per heavy atom. The molecule has 3 rings (SSSR count). The Labute approximate surface area is 118 Å². The molecule has 20 heavy (non-hydrogen) atoms. The Morgan fingerprint density at radius 2 is 2.30 bits per heavy atom. The molecular weight excluding hydrogens is 250 g/mol. The maximum atomic E-state index is 9.27. The van der Waals surface area contributed by atoms with E-state index >= 15 is 0 Å². The van der Waals surface area contributed by atoms with Crippen LogP contribution >= 0.6 is 0 Å². The normalized spacial score (nSPS) is 18.9. The Morgan fingerprint density at radius 3 is 2.95 bits per heavy atom. The molecule has 3 heterocycles. The summed E-state index contributed by atoms with van der Waals surface area (Å²) in [6, 6.07) is 6.23. The number of anilines is 1. The summed E-state index contributed by atoms with van der Waals surface area (Å²) in [4.78, 5) is 6.64. The van der Waals surface area contributed by atoms with Crippen molar-refractivity contribution in [3.05, 3.63) is 29.8 Å². The van der Waals surface area contributed by atoms with Crippen LogP contribution in [0, 0.1) is 11.3 Å². The van der Waals surface area contributed by atoms with Crippen molar-refractivity contribution in [1.29, 1.82) is 5.26 Å². The molecule has 0 aliphatic carbocycles. The monoisotopic (exact) mass is 269 g/mol. The molecule has 1 fully saturated rings. The highest BCUT2D eigenvalue weighted by Gasteiger charge is 2.22. The van der Waals surface area contributed by atoms with E-state index in [4.69, 9.17) is 0 Å². The zero-order valence-corrected chi connectivity index (χ0v) is 11.9. The summed E-state index contributed by atoms with van der Waals surface area (Å²) in [6.45, 7) is 2.02. The van der Waals surface area contributed by atoms with Gasteiger partial charge in [-0.05, 0) is 31.5 Å². The number of fused-ring (bicyclic) bond motifs is 1. The van der Waals surface area contributed by atoms with Crippen LogP contribution in [0.2, 0.25) is 0 Å². The lowest BCUT2D eigenvalue weighted by molar-refractivity contribution is 0.445. The van der Waals surface area contributed by atoms with Crippen LogP contribution in [0.1, 0.15) is 30.3 Å². The molecule has 5 heteroatoms. The zero-order valence-electron chi connectivity index (χ0n) is 11.9. The summed E-state index contributed by atoms with van der Waals surface area (Å²) in [5, 5.41) is 12.7. The van der Waals surface area contributed by atoms with Gasteiger partial charge in [-0.25, -0.2) is 4.98 Å². The van der Waals surface area contributed by atoms with E-state index in [1.54, 1.807) is 0 Å². The molecule has 1 N–H and O–H groups in total. The molecule has 0 bridgehead atoms. The van der Waals surface area contributed by atoms with E-state index < -0.39 is 0 Å². The molecule has 104 valence electrons. The lowest BCUT2D eigenvalue weighted by Crippen LogP contribution is -2.29. The number of pyridine rings is 1. The van der Waals surface area contributed by atoms with Crippen LogP contribution in [-0.2, 0) is 0 Å². The zero-order chi connectivity index (χ0) is 14.1. The molecule has 1 aliphatic heterocycles. The molecule has 5 nitrogen and oxygen atoms in total. The molecule has 1 saturated heterocycles. The predicted molar refractivity (Wildman–Crippen MR) is 79.1 cm³/mol. The van der Waals surface area contributed by atoms with E-state index in [1.807, 2.05) is 26.2 Å². The van der Waals surface area contributed by atoms with Crippen molar-refractivity contribution in [3.8, 4) is 6.07 Å². The molecule has 1 unspecified atom stereocenters. The third-order valence-electron chi connectivity index (χ3n) is 3.93. The fraction of sp³-hybridized carbons (Fsp3) is 0.467. The van der Waals surface area contributed by atoms with E-state index in [0.717, 1.165) is 43.0 Å². The number of rotatable bonds is 2. The molecule has 0 aromatic carbocycles. The van der Waals surface area contributed by atoms with E-state index in [0.29, 0.717) is 11.6 Å². The summed E-state index contributed by atoms with van der Waals surface area (Å²) in [5.41, 5.74) is 2.54. The van der Waals surface area contributed by atoms with Crippen LogP contribution in [0.5, 0.6) is 0 Å². The number of nitrogens with one attached hydrogen (secondary N) is 1. The van der Waals surface area contributed by atoms with Crippen molar-refractivity contribution in [2.45, 2.75) is 18.8 Å². The molecule has 0 radical (unpaired) electrons. The van der Waals surface area contributed by atoms with Crippen molar-refractivity contribution in [2.24, 2.45) is 0 Å². The molecule has 0 spiro atoms. The van der Waals surface area contributed by atoms with Gasteiger partial charge in [-0.2, -0.15) is 5.26 Å². The smallest absolute Gasteiger partial charge is 0.166 e. The average molecular weight is 269 g/mol. The molecule has 1 aliphatic rings. The van der Waals surface area contributed by atoms with Gasteiger partial charge in [-0.3, -0.25) is 4.40 Å². The molecule has 0 amide bonds. The Kier molecular flexibility index (Phi) is 3.33. The lowest BCUT2D eigenvalue weighted by Gasteiger charge is -2.22. The summed E-state index contributed by atoms with van der Waals surface area (Å²) < 4.78 is 2.09. The number of imidazole rings is 1. The fourth-order valence-corrected chi connectivity index (χ4v) is 2.80. The minimum Gasteiger partial charge on any atom is -0.376 e.